The molecule has 14 heavy (non-hydrogen) atoms. The summed E-state index contributed by atoms with van der Waals surface area (Å²) in [5.41, 5.74) is -0.0967. The summed E-state index contributed by atoms with van der Waals surface area (Å²) in [5.74, 6) is 0.548. The van der Waals surface area contributed by atoms with Crippen LogP contribution in [0.25, 0.3) is 0 Å². The molecule has 76 valence electrons. The Morgan fingerprint density at radius 3 is 2.86 bits per heavy atom. The van der Waals surface area contributed by atoms with Gasteiger partial charge in [0.2, 0.25) is 0 Å². The molecule has 0 aliphatic carbocycles. The third-order valence-electron chi connectivity index (χ3n) is 2.41. The highest BCUT2D eigenvalue weighted by molar-refractivity contribution is 9.09. The molecule has 0 saturated carbocycles. The van der Waals surface area contributed by atoms with Gasteiger partial charge in [-0.15, -0.1) is 0 Å². The number of halogens is 1. The molecule has 0 unspecified atom stereocenters. The molecule has 1 fully saturated rings. The zero-order valence-corrected chi connectivity index (χ0v) is 9.33. The normalized spacial score (nSPS) is 18.5. The summed E-state index contributed by atoms with van der Waals surface area (Å²) in [4.78, 5) is 20.8. The highest BCUT2D eigenvalue weighted by Gasteiger charge is 2.19. The van der Waals surface area contributed by atoms with Gasteiger partial charge in [-0.3, -0.25) is 4.79 Å². The van der Waals surface area contributed by atoms with Crippen LogP contribution in [0.2, 0.25) is 0 Å². The van der Waals surface area contributed by atoms with Crippen molar-refractivity contribution in [3.8, 4) is 0 Å². The topological polar surface area (TPSA) is 49.0 Å². The van der Waals surface area contributed by atoms with Crippen molar-refractivity contribution >= 4 is 21.7 Å². The summed E-state index contributed by atoms with van der Waals surface area (Å²) in [5, 5.41) is 0. The first kappa shape index (κ1) is 9.71. The molecule has 0 radical (unpaired) electrons. The summed E-state index contributed by atoms with van der Waals surface area (Å²) in [6.07, 6.45) is 5.31. The summed E-state index contributed by atoms with van der Waals surface area (Å²) < 4.78 is 0. The van der Waals surface area contributed by atoms with Crippen LogP contribution in [0.15, 0.2) is 17.2 Å². The SMILES string of the molecule is O=c1[nH]ccnc1N1CCC(Br)CC1. The molecule has 2 heterocycles. The highest BCUT2D eigenvalue weighted by Crippen LogP contribution is 2.19. The largest absolute Gasteiger partial charge is 0.352 e. The molecule has 0 atom stereocenters. The lowest BCUT2D eigenvalue weighted by Gasteiger charge is -2.29. The number of aromatic nitrogens is 2. The van der Waals surface area contributed by atoms with Crippen LogP contribution in [0.4, 0.5) is 5.82 Å². The predicted octanol–water partition coefficient (Wildman–Crippen LogP) is 1.13. The van der Waals surface area contributed by atoms with E-state index < -0.39 is 0 Å². The van der Waals surface area contributed by atoms with Gasteiger partial charge in [0.05, 0.1) is 0 Å². The fourth-order valence-corrected chi connectivity index (χ4v) is 2.04. The molecule has 1 N–H and O–H groups in total. The number of hydrogen-bond donors (Lipinski definition) is 1. The number of aromatic amines is 1. The van der Waals surface area contributed by atoms with Crippen LogP contribution >= 0.6 is 15.9 Å². The van der Waals surface area contributed by atoms with E-state index in [2.05, 4.69) is 25.9 Å². The van der Waals surface area contributed by atoms with Gasteiger partial charge >= 0.3 is 0 Å². The van der Waals surface area contributed by atoms with Crippen molar-refractivity contribution in [2.75, 3.05) is 18.0 Å². The van der Waals surface area contributed by atoms with Crippen molar-refractivity contribution in [2.45, 2.75) is 17.7 Å². The lowest BCUT2D eigenvalue weighted by Crippen LogP contribution is -2.37. The van der Waals surface area contributed by atoms with E-state index in [4.69, 9.17) is 0 Å². The molecule has 1 aliphatic rings. The van der Waals surface area contributed by atoms with Crippen molar-refractivity contribution in [1.82, 2.24) is 9.97 Å². The molecule has 1 aromatic rings. The fraction of sp³-hybridized carbons (Fsp3) is 0.556. The second kappa shape index (κ2) is 4.13. The molecule has 0 amide bonds. The number of alkyl halides is 1. The average Bonchev–Trinajstić information content (AvgIpc) is 2.20. The number of hydrogen-bond acceptors (Lipinski definition) is 3. The van der Waals surface area contributed by atoms with Gasteiger partial charge in [-0.25, -0.2) is 4.98 Å². The minimum atomic E-state index is -0.0967. The Hall–Kier alpha value is -0.840. The van der Waals surface area contributed by atoms with Crippen LogP contribution in [0.3, 0.4) is 0 Å². The number of nitrogens with one attached hydrogen (secondary N) is 1. The molecule has 1 saturated heterocycles. The number of piperidine rings is 1. The molecule has 2 rings (SSSR count). The first-order valence-electron chi connectivity index (χ1n) is 4.70. The van der Waals surface area contributed by atoms with E-state index in [1.807, 2.05) is 4.90 Å². The van der Waals surface area contributed by atoms with Crippen LogP contribution in [0, 0.1) is 0 Å². The Bertz CT molecular complexity index is 357. The van der Waals surface area contributed by atoms with Crippen LogP contribution in [-0.2, 0) is 0 Å². The molecule has 0 bridgehead atoms. The van der Waals surface area contributed by atoms with Gasteiger partial charge in [-0.1, -0.05) is 15.9 Å². The monoisotopic (exact) mass is 257 g/mol. The number of anilines is 1. The number of H-pyrrole nitrogens is 1. The standard InChI is InChI=1S/C9H12BrN3O/c10-7-1-5-13(6-2-7)8-9(14)12-4-3-11-8/h3-4,7H,1-2,5-6H2,(H,12,14). The predicted molar refractivity (Wildman–Crippen MR) is 59.0 cm³/mol. The van der Waals surface area contributed by atoms with Gasteiger partial charge in [-0.05, 0) is 12.8 Å². The van der Waals surface area contributed by atoms with Crippen molar-refractivity contribution < 1.29 is 0 Å². The van der Waals surface area contributed by atoms with Crippen LogP contribution in [-0.4, -0.2) is 27.9 Å². The van der Waals surface area contributed by atoms with Crippen molar-refractivity contribution in [1.29, 1.82) is 0 Å². The minimum Gasteiger partial charge on any atom is -0.352 e. The zero-order valence-electron chi connectivity index (χ0n) is 7.74. The number of nitrogens with zero attached hydrogens (tertiary/aromatic N) is 2. The van der Waals surface area contributed by atoms with Crippen molar-refractivity contribution in [2.24, 2.45) is 0 Å². The van der Waals surface area contributed by atoms with Gasteiger partial charge in [-0.2, -0.15) is 0 Å². The van der Waals surface area contributed by atoms with Crippen LogP contribution in [0.5, 0.6) is 0 Å². The Kier molecular flexibility index (Phi) is 2.86. The third-order valence-corrected chi connectivity index (χ3v) is 3.33. The molecule has 0 spiro atoms. The fourth-order valence-electron chi connectivity index (χ4n) is 1.63. The molecule has 4 nitrogen and oxygen atoms in total. The van der Waals surface area contributed by atoms with Gasteiger partial charge in [0, 0.05) is 30.3 Å². The second-order valence-electron chi connectivity index (χ2n) is 3.40. The van der Waals surface area contributed by atoms with E-state index in [-0.39, 0.29) is 5.56 Å². The molecule has 1 aromatic heterocycles. The Morgan fingerprint density at radius 2 is 2.21 bits per heavy atom. The van der Waals surface area contributed by atoms with Crippen molar-refractivity contribution in [3.05, 3.63) is 22.7 Å². The molecule has 1 aliphatic heterocycles. The summed E-state index contributed by atoms with van der Waals surface area (Å²) in [6.45, 7) is 1.80. The van der Waals surface area contributed by atoms with Crippen LogP contribution in [0.1, 0.15) is 12.8 Å². The molecular formula is C9H12BrN3O. The van der Waals surface area contributed by atoms with Crippen LogP contribution < -0.4 is 10.5 Å². The van der Waals surface area contributed by atoms with Gasteiger partial charge < -0.3 is 9.88 Å². The van der Waals surface area contributed by atoms with Crippen molar-refractivity contribution in [3.63, 3.8) is 0 Å². The second-order valence-corrected chi connectivity index (χ2v) is 4.70. The van der Waals surface area contributed by atoms with E-state index in [1.165, 1.54) is 0 Å². The lowest BCUT2D eigenvalue weighted by molar-refractivity contribution is 0.590. The van der Waals surface area contributed by atoms with Gasteiger partial charge in [0.1, 0.15) is 0 Å². The maximum atomic E-state index is 11.4. The van der Waals surface area contributed by atoms with E-state index >= 15 is 0 Å². The summed E-state index contributed by atoms with van der Waals surface area (Å²) in [7, 11) is 0. The lowest BCUT2D eigenvalue weighted by atomic mass is 10.1. The maximum Gasteiger partial charge on any atom is 0.290 e. The Balaban J connectivity index is 2.16. The first-order valence-corrected chi connectivity index (χ1v) is 5.61. The Morgan fingerprint density at radius 1 is 1.50 bits per heavy atom. The van der Waals surface area contributed by atoms with Gasteiger partial charge in [0.15, 0.2) is 5.82 Å². The average molecular weight is 258 g/mol. The van der Waals surface area contributed by atoms with E-state index in [0.29, 0.717) is 10.6 Å². The summed E-state index contributed by atoms with van der Waals surface area (Å²) in [6, 6.07) is 0. The van der Waals surface area contributed by atoms with E-state index in [9.17, 15) is 4.79 Å². The third kappa shape index (κ3) is 1.97. The zero-order chi connectivity index (χ0) is 9.97. The minimum absolute atomic E-state index is 0.0967. The van der Waals surface area contributed by atoms with E-state index in [1.54, 1.807) is 12.4 Å². The quantitative estimate of drug-likeness (QED) is 0.768. The smallest absolute Gasteiger partial charge is 0.290 e. The maximum absolute atomic E-state index is 11.4. The first-order chi connectivity index (χ1) is 6.77. The summed E-state index contributed by atoms with van der Waals surface area (Å²) >= 11 is 3.57. The highest BCUT2D eigenvalue weighted by atomic mass is 79.9. The number of rotatable bonds is 1. The van der Waals surface area contributed by atoms with E-state index in [0.717, 1.165) is 25.9 Å². The Labute approximate surface area is 90.5 Å². The van der Waals surface area contributed by atoms with Gasteiger partial charge in [0.25, 0.3) is 5.56 Å². The molecule has 0 aromatic carbocycles. The molecule has 5 heteroatoms. The molecular weight excluding hydrogens is 246 g/mol.